The summed E-state index contributed by atoms with van der Waals surface area (Å²) >= 11 is 0. The molecule has 2 N–H and O–H groups in total. The van der Waals surface area contributed by atoms with Crippen LogP contribution in [-0.2, 0) is 16.1 Å². The Morgan fingerprint density at radius 1 is 1.28 bits per heavy atom. The summed E-state index contributed by atoms with van der Waals surface area (Å²) in [6, 6.07) is 8.70. The third-order valence-electron chi connectivity index (χ3n) is 3.79. The first-order chi connectivity index (χ1) is 11.8. The van der Waals surface area contributed by atoms with Crippen molar-refractivity contribution in [3.63, 3.8) is 0 Å². The van der Waals surface area contributed by atoms with E-state index in [1.165, 1.54) is 4.90 Å². The molecular weight excluding hydrogens is 324 g/mol. The molecule has 1 aliphatic heterocycles. The summed E-state index contributed by atoms with van der Waals surface area (Å²) in [5, 5.41) is 12.3. The van der Waals surface area contributed by atoms with Gasteiger partial charge in [-0.2, -0.15) is 0 Å². The lowest BCUT2D eigenvalue weighted by Gasteiger charge is -2.22. The van der Waals surface area contributed by atoms with Crippen molar-refractivity contribution < 1.29 is 24.2 Å². The molecule has 1 heterocycles. The van der Waals surface area contributed by atoms with E-state index in [-0.39, 0.29) is 31.8 Å². The number of ether oxygens (including phenoxy) is 2. The fourth-order valence-corrected chi connectivity index (χ4v) is 2.69. The Kier molecular flexibility index (Phi) is 6.25. The molecule has 0 saturated carbocycles. The lowest BCUT2D eigenvalue weighted by molar-refractivity contribution is 0.0502. The van der Waals surface area contributed by atoms with Crippen LogP contribution in [0, 0.1) is 0 Å². The first-order valence-electron chi connectivity index (χ1n) is 8.36. The average molecular weight is 350 g/mol. The normalized spacial score (nSPS) is 20.2. The largest absolute Gasteiger partial charge is 0.445 e. The third kappa shape index (κ3) is 5.94. The molecule has 25 heavy (non-hydrogen) atoms. The molecule has 7 heteroatoms. The van der Waals surface area contributed by atoms with Gasteiger partial charge in [-0.15, -0.1) is 0 Å². The van der Waals surface area contributed by atoms with Gasteiger partial charge in [-0.1, -0.05) is 30.3 Å². The second-order valence-electron chi connectivity index (χ2n) is 7.11. The van der Waals surface area contributed by atoms with Crippen LogP contribution in [0.25, 0.3) is 0 Å². The molecule has 1 aromatic carbocycles. The van der Waals surface area contributed by atoms with Gasteiger partial charge in [0.05, 0.1) is 18.7 Å². The van der Waals surface area contributed by atoms with E-state index in [2.05, 4.69) is 5.32 Å². The van der Waals surface area contributed by atoms with Crippen LogP contribution in [0.1, 0.15) is 32.8 Å². The summed E-state index contributed by atoms with van der Waals surface area (Å²) in [5.74, 6) is 0. The van der Waals surface area contributed by atoms with Crippen LogP contribution in [0.2, 0.25) is 0 Å². The van der Waals surface area contributed by atoms with Gasteiger partial charge >= 0.3 is 12.2 Å². The lowest BCUT2D eigenvalue weighted by atomic mass is 10.2. The van der Waals surface area contributed by atoms with Gasteiger partial charge in [-0.3, -0.25) is 0 Å². The second kappa shape index (κ2) is 8.20. The van der Waals surface area contributed by atoms with E-state index in [1.807, 2.05) is 30.3 Å². The van der Waals surface area contributed by atoms with E-state index >= 15 is 0 Å². The highest BCUT2D eigenvalue weighted by molar-refractivity contribution is 5.70. The van der Waals surface area contributed by atoms with Crippen molar-refractivity contribution in [3.05, 3.63) is 35.9 Å². The highest BCUT2D eigenvalue weighted by atomic mass is 16.6. The van der Waals surface area contributed by atoms with Crippen molar-refractivity contribution in [2.45, 2.75) is 51.5 Å². The number of amides is 2. The van der Waals surface area contributed by atoms with Gasteiger partial charge in [0.1, 0.15) is 12.2 Å². The molecule has 1 saturated heterocycles. The fourth-order valence-electron chi connectivity index (χ4n) is 2.69. The molecule has 2 atom stereocenters. The Morgan fingerprint density at radius 2 is 1.96 bits per heavy atom. The number of carbonyl (C=O) groups is 2. The molecule has 2 unspecified atom stereocenters. The minimum absolute atomic E-state index is 0.165. The van der Waals surface area contributed by atoms with Crippen molar-refractivity contribution in [1.29, 1.82) is 0 Å². The maximum Gasteiger partial charge on any atom is 0.410 e. The molecule has 138 valence electrons. The van der Waals surface area contributed by atoms with Gasteiger partial charge in [0.25, 0.3) is 0 Å². The summed E-state index contributed by atoms with van der Waals surface area (Å²) in [5.41, 5.74) is 0.298. The van der Waals surface area contributed by atoms with E-state index < -0.39 is 17.8 Å². The number of nitrogens with zero attached hydrogens (tertiary/aromatic N) is 1. The summed E-state index contributed by atoms with van der Waals surface area (Å²) in [7, 11) is 0. The quantitative estimate of drug-likeness (QED) is 0.870. The number of hydrogen-bond donors (Lipinski definition) is 2. The molecule has 0 radical (unpaired) electrons. The van der Waals surface area contributed by atoms with Gasteiger partial charge in [-0.05, 0) is 32.8 Å². The number of carbonyl (C=O) groups excluding carboxylic acids is 2. The number of nitrogens with one attached hydrogen (secondary N) is 1. The van der Waals surface area contributed by atoms with Gasteiger partial charge < -0.3 is 24.8 Å². The lowest BCUT2D eigenvalue weighted by Crippen LogP contribution is -2.42. The minimum Gasteiger partial charge on any atom is -0.445 e. The van der Waals surface area contributed by atoms with Crippen LogP contribution < -0.4 is 5.32 Å². The molecular formula is C18H26N2O5. The van der Waals surface area contributed by atoms with Crippen LogP contribution >= 0.6 is 0 Å². The average Bonchev–Trinajstić information content (AvgIpc) is 2.94. The molecule has 7 nitrogen and oxygen atoms in total. The summed E-state index contributed by atoms with van der Waals surface area (Å²) in [6.45, 7) is 5.60. The SMILES string of the molecule is CC(C)(C)OC(=O)NC1CC(CO)N(C(=O)OCc2ccccc2)C1. The molecule has 1 aliphatic rings. The van der Waals surface area contributed by atoms with Gasteiger partial charge in [0.15, 0.2) is 0 Å². The molecule has 0 bridgehead atoms. The van der Waals surface area contributed by atoms with Gasteiger partial charge in [0.2, 0.25) is 0 Å². The molecule has 0 spiro atoms. The number of likely N-dealkylation sites (tertiary alicyclic amines) is 1. The Hall–Kier alpha value is -2.28. The maximum atomic E-state index is 12.3. The number of aliphatic hydroxyl groups excluding tert-OH is 1. The van der Waals surface area contributed by atoms with Crippen molar-refractivity contribution in [1.82, 2.24) is 10.2 Å². The topological polar surface area (TPSA) is 88.1 Å². The molecule has 1 aromatic rings. The monoisotopic (exact) mass is 350 g/mol. The predicted octanol–water partition coefficient (Wildman–Crippen LogP) is 2.28. The summed E-state index contributed by atoms with van der Waals surface area (Å²) < 4.78 is 10.5. The van der Waals surface area contributed by atoms with Gasteiger partial charge in [0, 0.05) is 6.54 Å². The van der Waals surface area contributed by atoms with Crippen molar-refractivity contribution in [3.8, 4) is 0 Å². The number of aliphatic hydroxyl groups is 1. The molecule has 1 fully saturated rings. The van der Waals surface area contributed by atoms with Crippen LogP contribution in [0.15, 0.2) is 30.3 Å². The molecule has 0 aromatic heterocycles. The maximum absolute atomic E-state index is 12.3. The van der Waals surface area contributed by atoms with Crippen molar-refractivity contribution in [2.75, 3.05) is 13.2 Å². The fraction of sp³-hybridized carbons (Fsp3) is 0.556. The number of rotatable bonds is 4. The minimum atomic E-state index is -0.590. The molecule has 0 aliphatic carbocycles. The summed E-state index contributed by atoms with van der Waals surface area (Å²) in [6.07, 6.45) is -0.582. The predicted molar refractivity (Wildman–Crippen MR) is 92.0 cm³/mol. The zero-order valence-electron chi connectivity index (χ0n) is 14.9. The zero-order valence-corrected chi connectivity index (χ0v) is 14.9. The van der Waals surface area contributed by atoms with Crippen LogP contribution in [0.3, 0.4) is 0 Å². The van der Waals surface area contributed by atoms with E-state index in [4.69, 9.17) is 9.47 Å². The van der Waals surface area contributed by atoms with E-state index in [0.717, 1.165) is 5.56 Å². The van der Waals surface area contributed by atoms with Crippen LogP contribution in [-0.4, -0.2) is 53.0 Å². The van der Waals surface area contributed by atoms with Crippen molar-refractivity contribution >= 4 is 12.2 Å². The van der Waals surface area contributed by atoms with E-state index in [1.54, 1.807) is 20.8 Å². The van der Waals surface area contributed by atoms with E-state index in [0.29, 0.717) is 6.42 Å². The third-order valence-corrected chi connectivity index (χ3v) is 3.79. The van der Waals surface area contributed by atoms with Crippen molar-refractivity contribution in [2.24, 2.45) is 0 Å². The number of alkyl carbamates (subject to hydrolysis) is 1. The molecule has 2 amide bonds. The Labute approximate surface area is 147 Å². The standard InChI is InChI=1S/C18H26N2O5/c1-18(2,3)25-16(22)19-14-9-15(11-21)20(10-14)17(23)24-12-13-7-5-4-6-8-13/h4-8,14-15,21H,9-12H2,1-3H3,(H,19,22). The highest BCUT2D eigenvalue weighted by Crippen LogP contribution is 2.20. The van der Waals surface area contributed by atoms with Gasteiger partial charge in [-0.25, -0.2) is 9.59 Å². The first kappa shape index (κ1) is 19.1. The highest BCUT2D eigenvalue weighted by Gasteiger charge is 2.37. The summed E-state index contributed by atoms with van der Waals surface area (Å²) in [4.78, 5) is 25.6. The first-order valence-corrected chi connectivity index (χ1v) is 8.36. The Bertz CT molecular complexity index is 585. The Morgan fingerprint density at radius 3 is 2.56 bits per heavy atom. The second-order valence-corrected chi connectivity index (χ2v) is 7.11. The van der Waals surface area contributed by atoms with E-state index in [9.17, 15) is 14.7 Å². The van der Waals surface area contributed by atoms with Crippen LogP contribution in [0.5, 0.6) is 0 Å². The zero-order chi connectivity index (χ0) is 18.4. The molecule has 2 rings (SSSR count). The van der Waals surface area contributed by atoms with Crippen LogP contribution in [0.4, 0.5) is 9.59 Å². The Balaban J connectivity index is 1.87. The smallest absolute Gasteiger partial charge is 0.410 e. The number of hydrogen-bond acceptors (Lipinski definition) is 5. The number of benzene rings is 1.